The predicted octanol–water partition coefficient (Wildman–Crippen LogP) is 1.61. The number of nitriles is 1. The van der Waals surface area contributed by atoms with Gasteiger partial charge in [-0.25, -0.2) is 0 Å². The Morgan fingerprint density at radius 2 is 1.94 bits per heavy atom. The highest BCUT2D eigenvalue weighted by Gasteiger charge is 2.12. The number of para-hydroxylation sites is 1. The summed E-state index contributed by atoms with van der Waals surface area (Å²) in [6.45, 7) is 0.575. The maximum atomic E-state index is 8.98. The fraction of sp³-hybridized carbons (Fsp3) is 0.417. The summed E-state index contributed by atoms with van der Waals surface area (Å²) in [6, 6.07) is 9.61. The highest BCUT2D eigenvalue weighted by Crippen LogP contribution is 2.18. The van der Waals surface area contributed by atoms with Crippen LogP contribution in [-0.2, 0) is 9.47 Å². The first-order valence-electron chi connectivity index (χ1n) is 4.98. The third-order valence-corrected chi connectivity index (χ3v) is 2.38. The number of methoxy groups -OCH3 is 2. The summed E-state index contributed by atoms with van der Waals surface area (Å²) in [7, 11) is 5.09. The number of hydrogen-bond acceptors (Lipinski definition) is 4. The van der Waals surface area contributed by atoms with Crippen molar-refractivity contribution in [2.24, 2.45) is 0 Å². The molecule has 1 aromatic carbocycles. The van der Waals surface area contributed by atoms with Crippen molar-refractivity contribution in [3.8, 4) is 6.07 Å². The average molecular weight is 220 g/mol. The van der Waals surface area contributed by atoms with Crippen LogP contribution >= 0.6 is 0 Å². The molecule has 4 heteroatoms. The molecule has 0 saturated heterocycles. The van der Waals surface area contributed by atoms with Crippen LogP contribution in [0.2, 0.25) is 0 Å². The van der Waals surface area contributed by atoms with Crippen LogP contribution in [0.1, 0.15) is 5.56 Å². The standard InChI is InChI=1S/C12H16N2O2/c1-14(9-12(15-2)16-3)11-7-5-4-6-10(11)8-13/h4-7,12H,9H2,1-3H3. The van der Waals surface area contributed by atoms with Gasteiger partial charge in [-0.3, -0.25) is 0 Å². The van der Waals surface area contributed by atoms with Crippen LogP contribution in [0.25, 0.3) is 0 Å². The molecule has 0 fully saturated rings. The number of nitrogens with zero attached hydrogens (tertiary/aromatic N) is 2. The van der Waals surface area contributed by atoms with E-state index >= 15 is 0 Å². The molecule has 1 rings (SSSR count). The van der Waals surface area contributed by atoms with Gasteiger partial charge in [-0.2, -0.15) is 5.26 Å². The number of hydrogen-bond donors (Lipinski definition) is 0. The van der Waals surface area contributed by atoms with Crippen molar-refractivity contribution >= 4 is 5.69 Å². The lowest BCUT2D eigenvalue weighted by molar-refractivity contribution is -0.0944. The summed E-state index contributed by atoms with van der Waals surface area (Å²) in [6.07, 6.45) is -0.295. The number of ether oxygens (including phenoxy) is 2. The van der Waals surface area contributed by atoms with Crippen LogP contribution in [0.5, 0.6) is 0 Å². The number of rotatable bonds is 5. The van der Waals surface area contributed by atoms with Crippen molar-refractivity contribution in [3.63, 3.8) is 0 Å². The molecule has 0 radical (unpaired) electrons. The zero-order chi connectivity index (χ0) is 12.0. The van der Waals surface area contributed by atoms with Gasteiger partial charge >= 0.3 is 0 Å². The summed E-state index contributed by atoms with van der Waals surface area (Å²) in [5.41, 5.74) is 1.53. The van der Waals surface area contributed by atoms with Crippen LogP contribution in [0.4, 0.5) is 5.69 Å². The highest BCUT2D eigenvalue weighted by molar-refractivity contribution is 5.58. The molecule has 1 aromatic rings. The van der Waals surface area contributed by atoms with E-state index in [4.69, 9.17) is 14.7 Å². The third-order valence-electron chi connectivity index (χ3n) is 2.38. The molecular formula is C12H16N2O2. The van der Waals surface area contributed by atoms with Crippen molar-refractivity contribution in [1.82, 2.24) is 0 Å². The number of likely N-dealkylation sites (N-methyl/N-ethyl adjacent to an activating group) is 1. The largest absolute Gasteiger partial charge is 0.368 e. The van der Waals surface area contributed by atoms with E-state index in [9.17, 15) is 0 Å². The van der Waals surface area contributed by atoms with E-state index in [1.807, 2.05) is 30.1 Å². The Balaban J connectivity index is 2.80. The van der Waals surface area contributed by atoms with Crippen LogP contribution in [-0.4, -0.2) is 34.1 Å². The lowest BCUT2D eigenvalue weighted by Gasteiger charge is -2.24. The molecule has 86 valence electrons. The monoisotopic (exact) mass is 220 g/mol. The Kier molecular flexibility index (Phi) is 4.77. The molecule has 0 N–H and O–H groups in total. The van der Waals surface area contributed by atoms with E-state index in [0.29, 0.717) is 12.1 Å². The molecular weight excluding hydrogens is 204 g/mol. The molecule has 0 aliphatic rings. The Morgan fingerprint density at radius 1 is 1.31 bits per heavy atom. The van der Waals surface area contributed by atoms with Crippen LogP contribution in [0, 0.1) is 11.3 Å². The molecule has 0 bridgehead atoms. The van der Waals surface area contributed by atoms with Gasteiger partial charge in [0.2, 0.25) is 0 Å². The number of anilines is 1. The van der Waals surface area contributed by atoms with Gasteiger partial charge < -0.3 is 14.4 Å². The minimum atomic E-state index is -0.295. The lowest BCUT2D eigenvalue weighted by atomic mass is 10.2. The van der Waals surface area contributed by atoms with E-state index in [0.717, 1.165) is 5.69 Å². The van der Waals surface area contributed by atoms with Crippen molar-refractivity contribution in [1.29, 1.82) is 5.26 Å². The van der Waals surface area contributed by atoms with Crippen molar-refractivity contribution in [3.05, 3.63) is 29.8 Å². The maximum Gasteiger partial charge on any atom is 0.174 e. The van der Waals surface area contributed by atoms with Gasteiger partial charge in [0.1, 0.15) is 6.07 Å². The van der Waals surface area contributed by atoms with Gasteiger partial charge in [0.15, 0.2) is 6.29 Å². The van der Waals surface area contributed by atoms with E-state index in [2.05, 4.69) is 6.07 Å². The molecule has 0 aromatic heterocycles. The second-order valence-corrected chi connectivity index (χ2v) is 3.41. The Morgan fingerprint density at radius 3 is 2.50 bits per heavy atom. The second-order valence-electron chi connectivity index (χ2n) is 3.41. The van der Waals surface area contributed by atoms with Crippen molar-refractivity contribution in [2.75, 3.05) is 32.7 Å². The Labute approximate surface area is 96.0 Å². The first-order valence-corrected chi connectivity index (χ1v) is 4.98. The summed E-state index contributed by atoms with van der Waals surface area (Å²) >= 11 is 0. The first kappa shape index (κ1) is 12.5. The van der Waals surface area contributed by atoms with Gasteiger partial charge in [-0.05, 0) is 12.1 Å². The smallest absolute Gasteiger partial charge is 0.174 e. The van der Waals surface area contributed by atoms with Gasteiger partial charge in [-0.1, -0.05) is 12.1 Å². The summed E-state index contributed by atoms with van der Waals surface area (Å²) in [5, 5.41) is 8.98. The zero-order valence-corrected chi connectivity index (χ0v) is 9.80. The third kappa shape index (κ3) is 2.96. The fourth-order valence-corrected chi connectivity index (χ4v) is 1.47. The lowest BCUT2D eigenvalue weighted by Crippen LogP contribution is -2.32. The quantitative estimate of drug-likeness (QED) is 0.707. The first-order chi connectivity index (χ1) is 7.72. The Hall–Kier alpha value is -1.57. The highest BCUT2D eigenvalue weighted by atomic mass is 16.7. The minimum absolute atomic E-state index is 0.295. The van der Waals surface area contributed by atoms with Crippen molar-refractivity contribution < 1.29 is 9.47 Å². The van der Waals surface area contributed by atoms with E-state index in [-0.39, 0.29) is 6.29 Å². The van der Waals surface area contributed by atoms with Gasteiger partial charge in [0, 0.05) is 21.3 Å². The molecule has 0 aliphatic heterocycles. The van der Waals surface area contributed by atoms with Crippen LogP contribution < -0.4 is 4.90 Å². The van der Waals surface area contributed by atoms with Crippen LogP contribution in [0.15, 0.2) is 24.3 Å². The van der Waals surface area contributed by atoms with E-state index in [1.165, 1.54) is 0 Å². The van der Waals surface area contributed by atoms with E-state index < -0.39 is 0 Å². The average Bonchev–Trinajstić information content (AvgIpc) is 2.35. The minimum Gasteiger partial charge on any atom is -0.368 e. The summed E-state index contributed by atoms with van der Waals surface area (Å²) < 4.78 is 10.2. The van der Waals surface area contributed by atoms with Gasteiger partial charge in [0.25, 0.3) is 0 Å². The summed E-state index contributed by atoms with van der Waals surface area (Å²) in [4.78, 5) is 1.94. The number of benzene rings is 1. The molecule has 0 saturated carbocycles. The molecule has 16 heavy (non-hydrogen) atoms. The van der Waals surface area contributed by atoms with Gasteiger partial charge in [-0.15, -0.1) is 0 Å². The van der Waals surface area contributed by atoms with Gasteiger partial charge in [0.05, 0.1) is 17.8 Å². The normalized spacial score (nSPS) is 10.2. The maximum absolute atomic E-state index is 8.98. The molecule has 4 nitrogen and oxygen atoms in total. The van der Waals surface area contributed by atoms with E-state index in [1.54, 1.807) is 20.3 Å². The molecule has 0 unspecified atom stereocenters. The topological polar surface area (TPSA) is 45.5 Å². The molecule has 0 atom stereocenters. The fourth-order valence-electron chi connectivity index (χ4n) is 1.47. The zero-order valence-electron chi connectivity index (χ0n) is 9.80. The van der Waals surface area contributed by atoms with Crippen molar-refractivity contribution in [2.45, 2.75) is 6.29 Å². The SMILES string of the molecule is COC(CN(C)c1ccccc1C#N)OC. The second kappa shape index (κ2) is 6.11. The molecule has 0 aliphatic carbocycles. The Bertz CT molecular complexity index is 370. The predicted molar refractivity (Wildman–Crippen MR) is 62.2 cm³/mol. The summed E-state index contributed by atoms with van der Waals surface area (Å²) in [5.74, 6) is 0. The molecule has 0 heterocycles. The molecule has 0 spiro atoms. The van der Waals surface area contributed by atoms with Crippen LogP contribution in [0.3, 0.4) is 0 Å². The molecule has 0 amide bonds.